The molecule has 0 radical (unpaired) electrons. The van der Waals surface area contributed by atoms with Gasteiger partial charge in [-0.25, -0.2) is 9.97 Å². The zero-order valence-electron chi connectivity index (χ0n) is 19.4. The molecule has 5 rings (SSSR count). The third kappa shape index (κ3) is 5.01. The largest absolute Gasteiger partial charge is 0.397 e. The molecule has 0 saturated heterocycles. The molecule has 0 bridgehead atoms. The van der Waals surface area contributed by atoms with E-state index in [1.54, 1.807) is 24.3 Å². The number of hydrogen-bond donors (Lipinski definition) is 3. The topological polar surface area (TPSA) is 101 Å². The van der Waals surface area contributed by atoms with Crippen LogP contribution in [0.1, 0.15) is 15.9 Å². The molecule has 5 aromatic rings. The van der Waals surface area contributed by atoms with Crippen molar-refractivity contribution < 1.29 is 4.79 Å². The molecule has 0 aliphatic rings. The van der Waals surface area contributed by atoms with Crippen LogP contribution >= 0.6 is 11.3 Å². The van der Waals surface area contributed by atoms with Gasteiger partial charge in [0.25, 0.3) is 5.91 Å². The standard InChI is InChI=1S/C26H25N7OS/c1-32(2)14-17-7-12-24-28-13-23(33(24)15-17)22-16-35-26(31-22)29-19-10-8-18(9-11-19)25(34)30-21-6-4-3-5-20(21)27/h3-13,15-16H,14,27H2,1-2H3,(H,29,31)(H,30,34). The predicted molar refractivity (Wildman–Crippen MR) is 142 cm³/mol. The number of pyridine rings is 1. The van der Waals surface area contributed by atoms with E-state index in [1.807, 2.05) is 41.9 Å². The molecule has 2 aromatic carbocycles. The first kappa shape index (κ1) is 22.6. The first-order valence-corrected chi connectivity index (χ1v) is 11.9. The van der Waals surface area contributed by atoms with Crippen molar-refractivity contribution in [1.29, 1.82) is 0 Å². The van der Waals surface area contributed by atoms with Crippen molar-refractivity contribution in [1.82, 2.24) is 19.3 Å². The monoisotopic (exact) mass is 483 g/mol. The lowest BCUT2D eigenvalue weighted by Crippen LogP contribution is -2.13. The zero-order valence-corrected chi connectivity index (χ0v) is 20.2. The van der Waals surface area contributed by atoms with Gasteiger partial charge in [0.2, 0.25) is 0 Å². The van der Waals surface area contributed by atoms with E-state index in [1.165, 1.54) is 16.9 Å². The highest BCUT2D eigenvalue weighted by molar-refractivity contribution is 7.14. The molecular formula is C26H25N7OS. The van der Waals surface area contributed by atoms with E-state index in [2.05, 4.69) is 51.3 Å². The summed E-state index contributed by atoms with van der Waals surface area (Å²) in [6.45, 7) is 0.851. The molecule has 176 valence electrons. The van der Waals surface area contributed by atoms with Crippen LogP contribution in [0.3, 0.4) is 0 Å². The molecule has 35 heavy (non-hydrogen) atoms. The van der Waals surface area contributed by atoms with Crippen LogP contribution in [0, 0.1) is 0 Å². The van der Waals surface area contributed by atoms with Crippen LogP contribution in [0.5, 0.6) is 0 Å². The summed E-state index contributed by atoms with van der Waals surface area (Å²) in [6, 6.07) is 18.5. The second-order valence-electron chi connectivity index (χ2n) is 8.43. The Balaban J connectivity index is 1.29. The molecule has 4 N–H and O–H groups in total. The van der Waals surface area contributed by atoms with Crippen LogP contribution in [0.4, 0.5) is 22.2 Å². The van der Waals surface area contributed by atoms with Crippen LogP contribution in [0.15, 0.2) is 78.4 Å². The Kier molecular flexibility index (Phi) is 6.17. The average molecular weight is 484 g/mol. The number of nitrogens with two attached hydrogens (primary N) is 1. The number of para-hydroxylation sites is 2. The van der Waals surface area contributed by atoms with Gasteiger partial charge in [-0.05, 0) is 62.1 Å². The van der Waals surface area contributed by atoms with Gasteiger partial charge in [0.1, 0.15) is 11.3 Å². The highest BCUT2D eigenvalue weighted by Gasteiger charge is 2.12. The number of anilines is 4. The van der Waals surface area contributed by atoms with Crippen LogP contribution in [0.25, 0.3) is 17.0 Å². The number of carbonyl (C=O) groups excluding carboxylic acids is 1. The maximum Gasteiger partial charge on any atom is 0.255 e. The van der Waals surface area contributed by atoms with Gasteiger partial charge in [0.05, 0.1) is 23.3 Å². The molecule has 9 heteroatoms. The van der Waals surface area contributed by atoms with E-state index < -0.39 is 0 Å². The minimum Gasteiger partial charge on any atom is -0.397 e. The van der Waals surface area contributed by atoms with Crippen LogP contribution in [-0.2, 0) is 6.54 Å². The molecule has 0 spiro atoms. The molecular weight excluding hydrogens is 458 g/mol. The first-order chi connectivity index (χ1) is 17.0. The van der Waals surface area contributed by atoms with Crippen LogP contribution < -0.4 is 16.4 Å². The van der Waals surface area contributed by atoms with Crippen LogP contribution in [-0.4, -0.2) is 39.3 Å². The number of nitrogens with one attached hydrogen (secondary N) is 2. The fourth-order valence-corrected chi connectivity index (χ4v) is 4.48. The number of aromatic nitrogens is 3. The number of nitrogens with zero attached hydrogens (tertiary/aromatic N) is 4. The lowest BCUT2D eigenvalue weighted by Gasteiger charge is -2.10. The van der Waals surface area contributed by atoms with Crippen molar-refractivity contribution in [3.63, 3.8) is 0 Å². The van der Waals surface area contributed by atoms with Gasteiger partial charge in [-0.2, -0.15) is 0 Å². The highest BCUT2D eigenvalue weighted by atomic mass is 32.1. The van der Waals surface area contributed by atoms with Crippen molar-refractivity contribution in [3.05, 3.63) is 89.6 Å². The summed E-state index contributed by atoms with van der Waals surface area (Å²) in [7, 11) is 4.10. The van der Waals surface area contributed by atoms with Gasteiger partial charge in [-0.15, -0.1) is 11.3 Å². The molecule has 0 aliphatic heterocycles. The van der Waals surface area contributed by atoms with Gasteiger partial charge in [-0.3, -0.25) is 9.20 Å². The smallest absolute Gasteiger partial charge is 0.255 e. The molecule has 3 aromatic heterocycles. The highest BCUT2D eigenvalue weighted by Crippen LogP contribution is 2.28. The SMILES string of the molecule is CN(C)Cc1ccc2ncc(-c3csc(Nc4ccc(C(=O)Nc5ccccc5N)cc4)n3)n2c1. The number of nitrogen functional groups attached to an aromatic ring is 1. The summed E-state index contributed by atoms with van der Waals surface area (Å²) in [5, 5.41) is 8.92. The predicted octanol–water partition coefficient (Wildman–Crippen LogP) is 5.10. The van der Waals surface area contributed by atoms with E-state index in [0.29, 0.717) is 16.9 Å². The van der Waals surface area contributed by atoms with Gasteiger partial charge in [0, 0.05) is 29.4 Å². The Hall–Kier alpha value is -4.21. The third-order valence-electron chi connectivity index (χ3n) is 5.44. The lowest BCUT2D eigenvalue weighted by molar-refractivity contribution is 0.102. The second kappa shape index (κ2) is 9.57. The number of imidazole rings is 1. The Labute approximate surface area is 207 Å². The number of amides is 1. The molecule has 0 fully saturated rings. The molecule has 0 atom stereocenters. The Morgan fingerprint density at radius 2 is 1.89 bits per heavy atom. The normalized spacial score (nSPS) is 11.2. The quantitative estimate of drug-likeness (QED) is 0.279. The summed E-state index contributed by atoms with van der Waals surface area (Å²) in [5.41, 5.74) is 12.3. The molecule has 1 amide bonds. The average Bonchev–Trinajstić information content (AvgIpc) is 3.47. The fourth-order valence-electron chi connectivity index (χ4n) is 3.76. The van der Waals surface area contributed by atoms with Crippen molar-refractivity contribution in [2.75, 3.05) is 30.5 Å². The van der Waals surface area contributed by atoms with E-state index in [-0.39, 0.29) is 5.91 Å². The van der Waals surface area contributed by atoms with E-state index in [4.69, 9.17) is 10.7 Å². The summed E-state index contributed by atoms with van der Waals surface area (Å²) in [4.78, 5) is 24.0. The molecule has 8 nitrogen and oxygen atoms in total. The first-order valence-electron chi connectivity index (χ1n) is 11.1. The van der Waals surface area contributed by atoms with Crippen molar-refractivity contribution >= 4 is 45.1 Å². The van der Waals surface area contributed by atoms with Crippen molar-refractivity contribution in [3.8, 4) is 11.4 Å². The molecule has 0 aliphatic carbocycles. The zero-order chi connectivity index (χ0) is 24.4. The number of carbonyl (C=O) groups is 1. The maximum atomic E-state index is 12.6. The fraction of sp³-hybridized carbons (Fsp3) is 0.115. The van der Waals surface area contributed by atoms with Gasteiger partial charge < -0.3 is 21.3 Å². The minimum absolute atomic E-state index is 0.216. The number of benzene rings is 2. The molecule has 0 saturated carbocycles. The van der Waals surface area contributed by atoms with Gasteiger partial charge >= 0.3 is 0 Å². The van der Waals surface area contributed by atoms with Gasteiger partial charge in [-0.1, -0.05) is 18.2 Å². The minimum atomic E-state index is -0.216. The van der Waals surface area contributed by atoms with Crippen LogP contribution in [0.2, 0.25) is 0 Å². The summed E-state index contributed by atoms with van der Waals surface area (Å²) in [6.07, 6.45) is 3.96. The Morgan fingerprint density at radius 1 is 1.09 bits per heavy atom. The molecule has 3 heterocycles. The number of hydrogen-bond acceptors (Lipinski definition) is 7. The van der Waals surface area contributed by atoms with Gasteiger partial charge in [0.15, 0.2) is 5.13 Å². The number of rotatable bonds is 7. The van der Waals surface area contributed by atoms with Crippen molar-refractivity contribution in [2.45, 2.75) is 6.54 Å². The lowest BCUT2D eigenvalue weighted by atomic mass is 10.2. The Bertz CT molecular complexity index is 1490. The molecule has 0 unspecified atom stereocenters. The number of thiazole rings is 1. The summed E-state index contributed by atoms with van der Waals surface area (Å²) < 4.78 is 2.07. The Morgan fingerprint density at radius 3 is 2.66 bits per heavy atom. The van der Waals surface area contributed by atoms with E-state index in [9.17, 15) is 4.79 Å². The van der Waals surface area contributed by atoms with E-state index in [0.717, 1.165) is 34.4 Å². The maximum absolute atomic E-state index is 12.6. The second-order valence-corrected chi connectivity index (χ2v) is 9.29. The third-order valence-corrected chi connectivity index (χ3v) is 6.20. The van der Waals surface area contributed by atoms with E-state index >= 15 is 0 Å². The van der Waals surface area contributed by atoms with Crippen molar-refractivity contribution in [2.24, 2.45) is 0 Å². The summed E-state index contributed by atoms with van der Waals surface area (Å²) in [5.74, 6) is -0.216. The number of fused-ring (bicyclic) bond motifs is 1. The summed E-state index contributed by atoms with van der Waals surface area (Å²) >= 11 is 1.52.